The number of anilines is 1. The second-order valence-electron chi connectivity index (χ2n) is 18.0. The van der Waals surface area contributed by atoms with E-state index in [2.05, 4.69) is 45.3 Å². The summed E-state index contributed by atoms with van der Waals surface area (Å²) in [4.78, 5) is 50.3. The molecule has 1 heterocycles. The van der Waals surface area contributed by atoms with E-state index < -0.39 is 36.7 Å². The number of aliphatic hydroxyl groups excluding tert-OH is 2. The zero-order valence-corrected chi connectivity index (χ0v) is 37.0. The molecule has 2 fully saturated rings. The van der Waals surface area contributed by atoms with Crippen LogP contribution in [-0.2, 0) is 27.4 Å². The first-order chi connectivity index (χ1) is 28.4. The van der Waals surface area contributed by atoms with Crippen LogP contribution in [0.5, 0.6) is 5.75 Å². The van der Waals surface area contributed by atoms with Gasteiger partial charge in [0.05, 0.1) is 26.4 Å². The quantitative estimate of drug-likeness (QED) is 0.123. The standard InChI is InChI=1S/C47H67N5O8/c1-28-19-39(29(2)30(3)47(28,5)6)49-46(58)43-42(31(4)54)40(27-53)60-52(43)24-33-17-14-18-38(44(33)59-10)34-21-35(23-37(22-34)51(9)26-41(55)56)45(57)48-36(25-50(7)8)20-32-15-12-11-13-16-32/h11-18,21-23,28-31,36,39-40,42-43,53-54H,19-20,24-27H2,1-10H3,(H,48,57)(H,49,58)(H,55,56)/t28-,29+,30+,31+,36+,39+,40+,42-,43+/m1/s1. The number of likely N-dealkylation sites (N-methyl/N-ethyl adjacent to an activating group) is 2. The first-order valence-electron chi connectivity index (χ1n) is 21.1. The highest BCUT2D eigenvalue weighted by Gasteiger charge is 2.51. The van der Waals surface area contributed by atoms with Crippen molar-refractivity contribution in [3.8, 4) is 16.9 Å². The van der Waals surface area contributed by atoms with Crippen LogP contribution < -0.4 is 20.3 Å². The van der Waals surface area contributed by atoms with Gasteiger partial charge < -0.3 is 40.5 Å². The van der Waals surface area contributed by atoms with E-state index in [4.69, 9.17) is 9.57 Å². The third kappa shape index (κ3) is 10.7. The lowest BCUT2D eigenvalue weighted by molar-refractivity contribution is -0.182. The van der Waals surface area contributed by atoms with E-state index in [9.17, 15) is 29.7 Å². The maximum absolute atomic E-state index is 14.4. The molecule has 5 N–H and O–H groups in total. The molecule has 60 heavy (non-hydrogen) atoms. The van der Waals surface area contributed by atoms with E-state index >= 15 is 0 Å². The number of methoxy groups -OCH3 is 1. The van der Waals surface area contributed by atoms with Crippen molar-refractivity contribution in [2.45, 2.75) is 91.3 Å². The Bertz CT molecular complexity index is 1940. The van der Waals surface area contributed by atoms with Gasteiger partial charge in [0.15, 0.2) is 0 Å². The molecule has 1 aliphatic carbocycles. The summed E-state index contributed by atoms with van der Waals surface area (Å²) in [5, 5.41) is 39.2. The van der Waals surface area contributed by atoms with Crippen molar-refractivity contribution in [1.29, 1.82) is 0 Å². The lowest BCUT2D eigenvalue weighted by Gasteiger charge is -2.50. The first-order valence-corrected chi connectivity index (χ1v) is 21.1. The number of para-hydroxylation sites is 1. The molecule has 2 aliphatic rings. The van der Waals surface area contributed by atoms with Crippen LogP contribution in [0.2, 0.25) is 0 Å². The second-order valence-corrected chi connectivity index (χ2v) is 18.0. The number of hydrogen-bond acceptors (Lipinski definition) is 10. The van der Waals surface area contributed by atoms with E-state index in [0.29, 0.717) is 58.5 Å². The minimum atomic E-state index is -1.02. The zero-order valence-electron chi connectivity index (χ0n) is 37.0. The Hall–Kier alpha value is -4.53. The van der Waals surface area contributed by atoms with Crippen LogP contribution in [0.4, 0.5) is 5.69 Å². The van der Waals surface area contributed by atoms with Gasteiger partial charge in [-0.2, -0.15) is 5.06 Å². The highest BCUT2D eigenvalue weighted by molar-refractivity contribution is 5.97. The van der Waals surface area contributed by atoms with E-state index in [1.54, 1.807) is 43.2 Å². The van der Waals surface area contributed by atoms with Crippen LogP contribution in [0.25, 0.3) is 11.1 Å². The number of nitrogens with one attached hydrogen (secondary N) is 2. The highest BCUT2D eigenvalue weighted by Crippen LogP contribution is 2.48. The molecule has 3 aromatic carbocycles. The molecule has 0 radical (unpaired) electrons. The average Bonchev–Trinajstić information content (AvgIpc) is 3.57. The number of rotatable bonds is 17. The van der Waals surface area contributed by atoms with Crippen LogP contribution in [0.3, 0.4) is 0 Å². The minimum Gasteiger partial charge on any atom is -0.496 e. The SMILES string of the molecule is COc1c(CN2O[C@@H](CO)[C@@H]([C@H](C)O)[C@H]2C(=O)N[C@H]2C[C@@H](C)C(C)(C)[C@@H](C)[C@@H]2C)cccc1-c1cc(C(=O)N[C@@H](Cc2ccccc2)CN(C)C)cc(N(C)CC(=O)O)c1. The number of hydroxylamine groups is 2. The van der Waals surface area contributed by atoms with Crippen molar-refractivity contribution >= 4 is 23.5 Å². The molecule has 3 aromatic rings. The Balaban J connectivity index is 1.50. The fraction of sp³-hybridized carbons (Fsp3) is 0.553. The van der Waals surface area contributed by atoms with Gasteiger partial charge >= 0.3 is 5.97 Å². The number of benzene rings is 3. The van der Waals surface area contributed by atoms with Gasteiger partial charge in [0.1, 0.15) is 24.4 Å². The van der Waals surface area contributed by atoms with Gasteiger partial charge in [0, 0.05) is 54.0 Å². The maximum atomic E-state index is 14.4. The number of aliphatic hydroxyl groups is 2. The first kappa shape index (κ1) is 46.5. The molecular weight excluding hydrogens is 763 g/mol. The Morgan fingerprint density at radius 3 is 2.33 bits per heavy atom. The van der Waals surface area contributed by atoms with E-state index in [0.717, 1.165) is 12.0 Å². The summed E-state index contributed by atoms with van der Waals surface area (Å²) in [5.41, 5.74) is 3.98. The molecule has 13 heteroatoms. The molecule has 0 aromatic heterocycles. The normalized spacial score (nSPS) is 25.1. The number of carboxylic acids is 1. The summed E-state index contributed by atoms with van der Waals surface area (Å²) in [7, 11) is 7.12. The fourth-order valence-corrected chi connectivity index (χ4v) is 9.24. The van der Waals surface area contributed by atoms with Crippen LogP contribution >= 0.6 is 0 Å². The predicted octanol–water partition coefficient (Wildman–Crippen LogP) is 5.08. The van der Waals surface area contributed by atoms with Crippen LogP contribution in [0.15, 0.2) is 66.7 Å². The number of hydrogen-bond donors (Lipinski definition) is 5. The summed E-state index contributed by atoms with van der Waals surface area (Å²) in [6.07, 6.45) is -0.346. The highest BCUT2D eigenvalue weighted by atomic mass is 16.7. The van der Waals surface area contributed by atoms with Crippen molar-refractivity contribution < 1.29 is 39.3 Å². The van der Waals surface area contributed by atoms with Crippen LogP contribution in [-0.4, -0.2) is 121 Å². The lowest BCUT2D eigenvalue weighted by atomic mass is 9.58. The molecule has 13 nitrogen and oxygen atoms in total. The van der Waals surface area contributed by atoms with Gasteiger partial charge in [-0.05, 0) is 86.4 Å². The van der Waals surface area contributed by atoms with Crippen LogP contribution in [0.1, 0.15) is 69.4 Å². The molecule has 1 saturated carbocycles. The summed E-state index contributed by atoms with van der Waals surface area (Å²) >= 11 is 0. The largest absolute Gasteiger partial charge is 0.496 e. The molecule has 2 amide bonds. The second kappa shape index (κ2) is 19.9. The number of carbonyl (C=O) groups excluding carboxylic acids is 2. The third-order valence-electron chi connectivity index (χ3n) is 13.4. The van der Waals surface area contributed by atoms with Crippen molar-refractivity contribution in [3.05, 3.63) is 83.4 Å². The fourth-order valence-electron chi connectivity index (χ4n) is 9.24. The van der Waals surface area contributed by atoms with Gasteiger partial charge in [-0.3, -0.25) is 19.2 Å². The number of carbonyl (C=O) groups is 3. The van der Waals surface area contributed by atoms with Gasteiger partial charge in [0.2, 0.25) is 5.91 Å². The lowest BCUT2D eigenvalue weighted by Crippen LogP contribution is -2.56. The topological polar surface area (TPSA) is 164 Å². The van der Waals surface area contributed by atoms with Crippen molar-refractivity contribution in [1.82, 2.24) is 20.6 Å². The molecule has 0 bridgehead atoms. The Morgan fingerprint density at radius 2 is 1.72 bits per heavy atom. The Labute approximate surface area is 356 Å². The maximum Gasteiger partial charge on any atom is 0.323 e. The predicted molar refractivity (Wildman–Crippen MR) is 234 cm³/mol. The molecule has 9 atom stereocenters. The Morgan fingerprint density at radius 1 is 1.02 bits per heavy atom. The summed E-state index contributed by atoms with van der Waals surface area (Å²) in [6.45, 7) is 12.8. The van der Waals surface area contributed by atoms with Crippen LogP contribution in [0, 0.1) is 29.1 Å². The molecule has 5 rings (SSSR count). The number of ether oxygens (including phenoxy) is 1. The van der Waals surface area contributed by atoms with Gasteiger partial charge in [0.25, 0.3) is 5.91 Å². The molecular formula is C47H67N5O8. The molecule has 1 aliphatic heterocycles. The van der Waals surface area contributed by atoms with Crippen molar-refractivity contribution in [3.63, 3.8) is 0 Å². The third-order valence-corrected chi connectivity index (χ3v) is 13.4. The number of carboxylic acid groups (broad SMARTS) is 1. The summed E-state index contributed by atoms with van der Waals surface area (Å²) < 4.78 is 6.09. The minimum absolute atomic E-state index is 0.0759. The summed E-state index contributed by atoms with van der Waals surface area (Å²) in [6, 6.07) is 19.6. The van der Waals surface area contributed by atoms with Crippen molar-refractivity contribution in [2.24, 2.45) is 29.1 Å². The molecule has 1 saturated heterocycles. The summed E-state index contributed by atoms with van der Waals surface area (Å²) in [5.74, 6) is -0.903. The number of aliphatic carboxylic acids is 1. The van der Waals surface area contributed by atoms with Gasteiger partial charge in [-0.15, -0.1) is 0 Å². The zero-order chi connectivity index (χ0) is 44.1. The van der Waals surface area contributed by atoms with Gasteiger partial charge in [-0.25, -0.2) is 0 Å². The van der Waals surface area contributed by atoms with E-state index in [1.807, 2.05) is 73.6 Å². The number of amides is 2. The smallest absolute Gasteiger partial charge is 0.323 e. The van der Waals surface area contributed by atoms with E-state index in [1.165, 1.54) is 0 Å². The van der Waals surface area contributed by atoms with Crippen molar-refractivity contribution in [2.75, 3.05) is 52.8 Å². The average molecular weight is 830 g/mol. The number of nitrogens with zero attached hydrogens (tertiary/aromatic N) is 3. The molecule has 328 valence electrons. The monoisotopic (exact) mass is 829 g/mol. The Kier molecular flexibility index (Phi) is 15.4. The molecule has 0 spiro atoms. The van der Waals surface area contributed by atoms with E-state index in [-0.39, 0.29) is 48.3 Å². The van der Waals surface area contributed by atoms with Gasteiger partial charge in [-0.1, -0.05) is 83.1 Å². The molecule has 0 unspecified atom stereocenters.